The third-order valence-corrected chi connectivity index (χ3v) is 6.33. The zero-order valence-corrected chi connectivity index (χ0v) is 13.3. The van der Waals surface area contributed by atoms with Crippen molar-refractivity contribution in [2.45, 2.75) is 59.4 Å². The highest BCUT2D eigenvalue weighted by atomic mass is 28.4. The smallest absolute Gasteiger partial charge is 0.361 e. The third kappa shape index (κ3) is 4.62. The normalized spacial score (nSPS) is 19.3. The van der Waals surface area contributed by atoms with Crippen molar-refractivity contribution in [1.29, 1.82) is 0 Å². The van der Waals surface area contributed by atoms with Gasteiger partial charge in [-0.1, -0.05) is 12.8 Å². The average molecular weight is 275 g/mol. The van der Waals surface area contributed by atoms with Crippen molar-refractivity contribution < 1.29 is 13.3 Å². The predicted molar refractivity (Wildman–Crippen MR) is 75.2 cm³/mol. The van der Waals surface area contributed by atoms with E-state index < -0.39 is 8.97 Å². The Morgan fingerprint density at radius 3 is 1.83 bits per heavy atom. The Hall–Kier alpha value is 0.0569. The van der Waals surface area contributed by atoms with Crippen LogP contribution in [0.4, 0.5) is 0 Å². The molecule has 1 N–H and O–H groups in total. The average Bonchev–Trinajstić information content (AvgIpc) is 2.83. The second-order valence-corrected chi connectivity index (χ2v) is 7.10. The van der Waals surface area contributed by atoms with Crippen molar-refractivity contribution in [3.63, 3.8) is 0 Å². The fourth-order valence-electron chi connectivity index (χ4n) is 2.67. The summed E-state index contributed by atoms with van der Waals surface area (Å²) < 4.78 is 17.5. The van der Waals surface area contributed by atoms with Crippen molar-refractivity contribution in [2.24, 2.45) is 5.92 Å². The summed E-state index contributed by atoms with van der Waals surface area (Å²) in [7, 11) is -2.68. The van der Waals surface area contributed by atoms with Gasteiger partial charge in [0.05, 0.1) is 0 Å². The van der Waals surface area contributed by atoms with Gasteiger partial charge in [-0.05, 0) is 46.5 Å². The van der Waals surface area contributed by atoms with Crippen LogP contribution in [0.3, 0.4) is 0 Å². The third-order valence-electron chi connectivity index (χ3n) is 3.51. The Morgan fingerprint density at radius 1 is 1.00 bits per heavy atom. The molecule has 0 aromatic carbocycles. The van der Waals surface area contributed by atoms with E-state index in [0.717, 1.165) is 5.92 Å². The van der Waals surface area contributed by atoms with Crippen LogP contribution in [0.25, 0.3) is 0 Å². The van der Waals surface area contributed by atoms with E-state index in [0.29, 0.717) is 25.9 Å². The topological polar surface area (TPSA) is 39.7 Å². The molecule has 0 aromatic rings. The van der Waals surface area contributed by atoms with Crippen LogP contribution in [0.2, 0.25) is 0 Å². The second-order valence-electron chi connectivity index (χ2n) is 4.83. The van der Waals surface area contributed by atoms with Crippen LogP contribution < -0.4 is 4.98 Å². The molecule has 0 aromatic heterocycles. The minimum atomic E-state index is -2.68. The monoisotopic (exact) mass is 275 g/mol. The molecule has 1 aliphatic carbocycles. The van der Waals surface area contributed by atoms with E-state index >= 15 is 0 Å². The molecule has 0 saturated heterocycles. The van der Waals surface area contributed by atoms with Gasteiger partial charge in [0.2, 0.25) is 0 Å². The van der Waals surface area contributed by atoms with Gasteiger partial charge in [-0.2, -0.15) is 0 Å². The van der Waals surface area contributed by atoms with E-state index in [9.17, 15) is 0 Å². The minimum Gasteiger partial charge on any atom is -0.361 e. The summed E-state index contributed by atoms with van der Waals surface area (Å²) in [5, 5.41) is 0. The van der Waals surface area contributed by atoms with Crippen LogP contribution in [0.1, 0.15) is 53.4 Å². The first-order valence-corrected chi connectivity index (χ1v) is 9.09. The van der Waals surface area contributed by atoms with Gasteiger partial charge in [0.15, 0.2) is 0 Å². The van der Waals surface area contributed by atoms with Gasteiger partial charge >= 0.3 is 8.97 Å². The molecule has 0 heterocycles. The zero-order chi connectivity index (χ0) is 13.4. The number of nitrogens with one attached hydrogen (secondary N) is 1. The van der Waals surface area contributed by atoms with E-state index in [-0.39, 0.29) is 0 Å². The number of hydrogen-bond acceptors (Lipinski definition) is 4. The predicted octanol–water partition coefficient (Wildman–Crippen LogP) is 2.70. The quantitative estimate of drug-likeness (QED) is 0.657. The van der Waals surface area contributed by atoms with E-state index in [1.54, 1.807) is 0 Å². The van der Waals surface area contributed by atoms with Gasteiger partial charge in [0.1, 0.15) is 0 Å². The van der Waals surface area contributed by atoms with E-state index in [1.165, 1.54) is 25.7 Å². The van der Waals surface area contributed by atoms with Crippen molar-refractivity contribution >= 4 is 8.97 Å². The molecule has 0 amide bonds. The Morgan fingerprint density at radius 2 is 1.44 bits per heavy atom. The molecule has 1 rings (SSSR count). The Bertz CT molecular complexity index is 205. The lowest BCUT2D eigenvalue weighted by Crippen LogP contribution is -2.62. The molecule has 0 radical (unpaired) electrons. The molecule has 1 unspecified atom stereocenters. The lowest BCUT2D eigenvalue weighted by Gasteiger charge is -2.33. The van der Waals surface area contributed by atoms with Crippen LogP contribution in [0, 0.1) is 5.92 Å². The summed E-state index contributed by atoms with van der Waals surface area (Å²) in [5.41, 5.74) is 0. The largest absolute Gasteiger partial charge is 0.597 e. The van der Waals surface area contributed by atoms with Crippen LogP contribution in [-0.2, 0) is 13.3 Å². The molecule has 0 bridgehead atoms. The lowest BCUT2D eigenvalue weighted by atomic mass is 10.0. The Kier molecular flexibility index (Phi) is 7.40. The molecule has 18 heavy (non-hydrogen) atoms. The van der Waals surface area contributed by atoms with Gasteiger partial charge in [-0.3, -0.25) is 4.98 Å². The fraction of sp³-hybridized carbons (Fsp3) is 1.00. The fourth-order valence-corrected chi connectivity index (χ4v) is 5.11. The maximum Gasteiger partial charge on any atom is 0.597 e. The van der Waals surface area contributed by atoms with Crippen molar-refractivity contribution in [2.75, 3.05) is 19.8 Å². The van der Waals surface area contributed by atoms with Crippen LogP contribution in [-0.4, -0.2) is 34.8 Å². The maximum absolute atomic E-state index is 5.82. The molecule has 1 atom stereocenters. The molecule has 4 nitrogen and oxygen atoms in total. The SMILES string of the molecule is CCO[Si](NC(C)C1CCCC1)(OCC)OCC. The minimum absolute atomic E-state index is 0.406. The maximum atomic E-state index is 5.82. The van der Waals surface area contributed by atoms with Gasteiger partial charge in [-0.15, -0.1) is 0 Å². The summed E-state index contributed by atoms with van der Waals surface area (Å²) in [6, 6.07) is 0.406. The van der Waals surface area contributed by atoms with Gasteiger partial charge in [-0.25, -0.2) is 0 Å². The summed E-state index contributed by atoms with van der Waals surface area (Å²) in [5.74, 6) is 0.734. The van der Waals surface area contributed by atoms with E-state index in [4.69, 9.17) is 13.3 Å². The second kappa shape index (κ2) is 8.27. The molecule has 1 saturated carbocycles. The van der Waals surface area contributed by atoms with Crippen molar-refractivity contribution in [3.05, 3.63) is 0 Å². The summed E-state index contributed by atoms with van der Waals surface area (Å²) in [4.78, 5) is 3.55. The molecular weight excluding hydrogens is 246 g/mol. The van der Waals surface area contributed by atoms with Crippen LogP contribution >= 0.6 is 0 Å². The van der Waals surface area contributed by atoms with Crippen LogP contribution in [0.5, 0.6) is 0 Å². The van der Waals surface area contributed by atoms with Crippen molar-refractivity contribution in [3.8, 4) is 0 Å². The molecule has 0 spiro atoms. The van der Waals surface area contributed by atoms with Gasteiger partial charge in [0.25, 0.3) is 0 Å². The van der Waals surface area contributed by atoms with Crippen LogP contribution in [0.15, 0.2) is 0 Å². The van der Waals surface area contributed by atoms with Gasteiger partial charge in [0, 0.05) is 25.9 Å². The molecular formula is C13H29NO3Si. The summed E-state index contributed by atoms with van der Waals surface area (Å²) in [6.07, 6.45) is 5.32. The standard InChI is InChI=1S/C13H29NO3Si/c1-5-15-18(16-6-2,17-7-3)14-12(4)13-10-8-9-11-13/h12-14H,5-11H2,1-4H3. The highest BCUT2D eigenvalue weighted by molar-refractivity contribution is 6.58. The first-order chi connectivity index (χ1) is 8.67. The zero-order valence-electron chi connectivity index (χ0n) is 12.3. The first-order valence-electron chi connectivity index (χ1n) is 7.37. The van der Waals surface area contributed by atoms with E-state index in [1.807, 2.05) is 20.8 Å². The molecule has 0 aliphatic heterocycles. The highest BCUT2D eigenvalue weighted by Crippen LogP contribution is 2.28. The molecule has 108 valence electrons. The number of hydrogen-bond donors (Lipinski definition) is 1. The molecule has 5 heteroatoms. The summed E-state index contributed by atoms with van der Waals surface area (Å²) in [6.45, 7) is 10.1. The summed E-state index contributed by atoms with van der Waals surface area (Å²) >= 11 is 0. The van der Waals surface area contributed by atoms with E-state index in [2.05, 4.69) is 11.9 Å². The highest BCUT2D eigenvalue weighted by Gasteiger charge is 2.44. The Labute approximate surface area is 113 Å². The van der Waals surface area contributed by atoms with Gasteiger partial charge < -0.3 is 13.3 Å². The lowest BCUT2D eigenvalue weighted by molar-refractivity contribution is 0.0540. The first kappa shape index (κ1) is 16.1. The van der Waals surface area contributed by atoms with Crippen molar-refractivity contribution in [1.82, 2.24) is 4.98 Å². The molecule has 1 aliphatic rings. The number of rotatable bonds is 9. The Balaban J connectivity index is 2.61. The molecule has 1 fully saturated rings.